The van der Waals surface area contributed by atoms with Gasteiger partial charge in [0.2, 0.25) is 0 Å². The van der Waals surface area contributed by atoms with Gasteiger partial charge >= 0.3 is 5.97 Å². The van der Waals surface area contributed by atoms with Crippen LogP contribution in [0.25, 0.3) is 0 Å². The topological polar surface area (TPSA) is 72.5 Å². The van der Waals surface area contributed by atoms with Crippen molar-refractivity contribution in [1.29, 1.82) is 0 Å². The minimum absolute atomic E-state index is 0.188. The summed E-state index contributed by atoms with van der Waals surface area (Å²) in [5, 5.41) is 0. The van der Waals surface area contributed by atoms with Crippen molar-refractivity contribution in [3.63, 3.8) is 0 Å². The standard InChI is InChI=1S/C16H28O7/c1-5-7-20-13-15(12-18-4)23-14(3)21-10-8-19-9-11-22-16(17)6-2/h5-6,14-15H,1-2,7-13H2,3-4H3. The lowest BCUT2D eigenvalue weighted by molar-refractivity contribution is -0.187. The van der Waals surface area contributed by atoms with E-state index in [1.165, 1.54) is 0 Å². The van der Waals surface area contributed by atoms with Gasteiger partial charge in [0.05, 0.1) is 39.6 Å². The number of esters is 1. The van der Waals surface area contributed by atoms with E-state index in [2.05, 4.69) is 13.2 Å². The number of hydrogen-bond donors (Lipinski definition) is 0. The molecule has 0 bridgehead atoms. The van der Waals surface area contributed by atoms with Gasteiger partial charge in [0.15, 0.2) is 6.29 Å². The molecule has 0 aliphatic heterocycles. The maximum absolute atomic E-state index is 10.8. The summed E-state index contributed by atoms with van der Waals surface area (Å²) in [6.45, 7) is 11.2. The van der Waals surface area contributed by atoms with Crippen LogP contribution in [0.4, 0.5) is 0 Å². The minimum Gasteiger partial charge on any atom is -0.460 e. The Kier molecular flexibility index (Phi) is 14.8. The third kappa shape index (κ3) is 14.1. The van der Waals surface area contributed by atoms with E-state index in [1.807, 2.05) is 0 Å². The van der Waals surface area contributed by atoms with Crippen LogP contribution in [0.3, 0.4) is 0 Å². The van der Waals surface area contributed by atoms with Gasteiger partial charge in [0, 0.05) is 13.2 Å². The second kappa shape index (κ2) is 15.6. The molecule has 0 rings (SSSR count). The Morgan fingerprint density at radius 1 is 1.09 bits per heavy atom. The zero-order chi connectivity index (χ0) is 17.3. The van der Waals surface area contributed by atoms with E-state index in [9.17, 15) is 4.79 Å². The lowest BCUT2D eigenvalue weighted by Gasteiger charge is -2.22. The number of hydrogen-bond acceptors (Lipinski definition) is 7. The van der Waals surface area contributed by atoms with E-state index in [4.69, 9.17) is 28.4 Å². The van der Waals surface area contributed by atoms with E-state index < -0.39 is 12.3 Å². The molecule has 0 saturated heterocycles. The van der Waals surface area contributed by atoms with E-state index in [-0.39, 0.29) is 12.7 Å². The first-order valence-corrected chi connectivity index (χ1v) is 7.45. The molecule has 0 saturated carbocycles. The summed E-state index contributed by atoms with van der Waals surface area (Å²) in [5.41, 5.74) is 0. The summed E-state index contributed by atoms with van der Waals surface area (Å²) >= 11 is 0. The summed E-state index contributed by atoms with van der Waals surface area (Å²) in [6.07, 6.45) is 2.16. The van der Waals surface area contributed by atoms with Gasteiger partial charge in [-0.25, -0.2) is 4.79 Å². The van der Waals surface area contributed by atoms with Crippen molar-refractivity contribution in [2.45, 2.75) is 19.3 Å². The SMILES string of the molecule is C=CCOCC(COC)OC(C)OCCOCCOC(=O)C=C. The van der Waals surface area contributed by atoms with E-state index in [1.54, 1.807) is 20.1 Å². The normalized spacial score (nSPS) is 13.3. The Bertz CT molecular complexity index is 320. The summed E-state index contributed by atoms with van der Waals surface area (Å²) in [7, 11) is 1.60. The van der Waals surface area contributed by atoms with Crippen LogP contribution in [0.1, 0.15) is 6.92 Å². The van der Waals surface area contributed by atoms with Crippen molar-refractivity contribution in [1.82, 2.24) is 0 Å². The molecule has 7 heteroatoms. The van der Waals surface area contributed by atoms with Crippen molar-refractivity contribution in [3.8, 4) is 0 Å². The summed E-state index contributed by atoms with van der Waals surface area (Å²) in [5.74, 6) is -0.463. The van der Waals surface area contributed by atoms with Crippen LogP contribution in [-0.2, 0) is 33.2 Å². The van der Waals surface area contributed by atoms with Crippen molar-refractivity contribution < 1.29 is 33.2 Å². The quantitative estimate of drug-likeness (QED) is 0.139. The summed E-state index contributed by atoms with van der Waals surface area (Å²) < 4.78 is 31.6. The predicted octanol–water partition coefficient (Wildman–Crippen LogP) is 1.33. The lowest BCUT2D eigenvalue weighted by atomic mass is 10.4. The molecule has 23 heavy (non-hydrogen) atoms. The molecular weight excluding hydrogens is 304 g/mol. The van der Waals surface area contributed by atoms with Crippen molar-refractivity contribution in [2.24, 2.45) is 0 Å². The number of ether oxygens (including phenoxy) is 6. The van der Waals surface area contributed by atoms with Gasteiger partial charge in [0.25, 0.3) is 0 Å². The van der Waals surface area contributed by atoms with Crippen LogP contribution in [0, 0.1) is 0 Å². The second-order valence-electron chi connectivity index (χ2n) is 4.46. The first-order chi connectivity index (χ1) is 11.1. The van der Waals surface area contributed by atoms with Crippen molar-refractivity contribution >= 4 is 5.97 Å². The number of carbonyl (C=O) groups excluding carboxylic acids is 1. The van der Waals surface area contributed by atoms with Crippen LogP contribution >= 0.6 is 0 Å². The van der Waals surface area contributed by atoms with Gasteiger partial charge in [-0.05, 0) is 6.92 Å². The zero-order valence-electron chi connectivity index (χ0n) is 14.0. The zero-order valence-corrected chi connectivity index (χ0v) is 14.0. The molecule has 0 heterocycles. The van der Waals surface area contributed by atoms with Gasteiger partial charge in [-0.15, -0.1) is 6.58 Å². The molecule has 7 nitrogen and oxygen atoms in total. The van der Waals surface area contributed by atoms with Gasteiger partial charge < -0.3 is 28.4 Å². The second-order valence-corrected chi connectivity index (χ2v) is 4.46. The van der Waals surface area contributed by atoms with Crippen molar-refractivity contribution in [2.75, 3.05) is 53.4 Å². The first kappa shape index (κ1) is 21.8. The van der Waals surface area contributed by atoms with Gasteiger partial charge in [0.1, 0.15) is 12.7 Å². The molecule has 0 fully saturated rings. The monoisotopic (exact) mass is 332 g/mol. The average molecular weight is 332 g/mol. The highest BCUT2D eigenvalue weighted by molar-refractivity contribution is 5.81. The Balaban J connectivity index is 3.65. The fourth-order valence-electron chi connectivity index (χ4n) is 1.54. The molecule has 0 spiro atoms. The fourth-order valence-corrected chi connectivity index (χ4v) is 1.54. The highest BCUT2D eigenvalue weighted by atomic mass is 16.7. The first-order valence-electron chi connectivity index (χ1n) is 7.45. The molecule has 0 amide bonds. The maximum atomic E-state index is 10.8. The molecule has 2 atom stereocenters. The summed E-state index contributed by atoms with van der Waals surface area (Å²) in [6, 6.07) is 0. The lowest BCUT2D eigenvalue weighted by Crippen LogP contribution is -2.31. The molecule has 0 radical (unpaired) electrons. The largest absolute Gasteiger partial charge is 0.460 e. The van der Waals surface area contributed by atoms with Crippen LogP contribution < -0.4 is 0 Å². The molecule has 0 aliphatic rings. The highest BCUT2D eigenvalue weighted by Crippen LogP contribution is 2.02. The predicted molar refractivity (Wildman–Crippen MR) is 85.2 cm³/mol. The molecule has 134 valence electrons. The van der Waals surface area contributed by atoms with Gasteiger partial charge in [-0.1, -0.05) is 12.7 Å². The molecule has 0 aliphatic carbocycles. The maximum Gasteiger partial charge on any atom is 0.330 e. The molecule has 0 aromatic carbocycles. The average Bonchev–Trinajstić information content (AvgIpc) is 2.54. The van der Waals surface area contributed by atoms with Crippen LogP contribution in [0.2, 0.25) is 0 Å². The molecule has 0 aromatic rings. The Morgan fingerprint density at radius 3 is 2.48 bits per heavy atom. The Morgan fingerprint density at radius 2 is 1.83 bits per heavy atom. The smallest absolute Gasteiger partial charge is 0.330 e. The molecule has 0 N–H and O–H groups in total. The fraction of sp³-hybridized carbons (Fsp3) is 0.688. The van der Waals surface area contributed by atoms with Gasteiger partial charge in [-0.2, -0.15) is 0 Å². The Hall–Kier alpha value is -1.25. The molecule has 0 aromatic heterocycles. The summed E-state index contributed by atoms with van der Waals surface area (Å²) in [4.78, 5) is 10.8. The van der Waals surface area contributed by atoms with E-state index in [0.29, 0.717) is 39.6 Å². The number of methoxy groups -OCH3 is 1. The van der Waals surface area contributed by atoms with Crippen LogP contribution in [0.5, 0.6) is 0 Å². The Labute approximate surface area is 138 Å². The number of carbonyl (C=O) groups is 1. The molecule has 2 unspecified atom stereocenters. The highest BCUT2D eigenvalue weighted by Gasteiger charge is 2.14. The van der Waals surface area contributed by atoms with Crippen LogP contribution in [0.15, 0.2) is 25.3 Å². The van der Waals surface area contributed by atoms with E-state index >= 15 is 0 Å². The third-order valence-electron chi connectivity index (χ3n) is 2.49. The third-order valence-corrected chi connectivity index (χ3v) is 2.49. The number of rotatable bonds is 16. The minimum atomic E-state index is -0.463. The van der Waals surface area contributed by atoms with Crippen molar-refractivity contribution in [3.05, 3.63) is 25.3 Å². The van der Waals surface area contributed by atoms with E-state index in [0.717, 1.165) is 6.08 Å². The van der Waals surface area contributed by atoms with Gasteiger partial charge in [-0.3, -0.25) is 0 Å². The molecular formula is C16H28O7. The van der Waals surface area contributed by atoms with Crippen LogP contribution in [-0.4, -0.2) is 71.7 Å².